The van der Waals surface area contributed by atoms with Crippen LogP contribution in [-0.4, -0.2) is 25.0 Å². The third kappa shape index (κ3) is 3.31. The quantitative estimate of drug-likeness (QED) is 0.809. The molecule has 0 spiro atoms. The summed E-state index contributed by atoms with van der Waals surface area (Å²) in [6.45, 7) is 5.37. The Morgan fingerprint density at radius 3 is 2.53 bits per heavy atom. The number of hydrogen-bond donors (Lipinski definition) is 1. The van der Waals surface area contributed by atoms with Gasteiger partial charge in [-0.2, -0.15) is 0 Å². The summed E-state index contributed by atoms with van der Waals surface area (Å²) in [5.74, 6) is -0.715. The minimum Gasteiger partial charge on any atom is -0.467 e. The van der Waals surface area contributed by atoms with Gasteiger partial charge in [0.2, 0.25) is 0 Å². The largest absolute Gasteiger partial charge is 0.467 e. The molecule has 1 N–H and O–H groups in total. The van der Waals surface area contributed by atoms with Gasteiger partial charge >= 0.3 is 5.97 Å². The average Bonchev–Trinajstić information content (AvgIpc) is 2.30. The zero-order valence-electron chi connectivity index (χ0n) is 10.5. The fourth-order valence-electron chi connectivity index (χ4n) is 1.49. The van der Waals surface area contributed by atoms with E-state index in [4.69, 9.17) is 0 Å². The monoisotopic (exact) mass is 235 g/mol. The maximum absolute atomic E-state index is 11.9. The molecule has 0 fully saturated rings. The van der Waals surface area contributed by atoms with Gasteiger partial charge in [0, 0.05) is 5.56 Å². The highest BCUT2D eigenvalue weighted by atomic mass is 16.5. The molecule has 0 saturated carbocycles. The number of methoxy groups -OCH3 is 1. The zero-order chi connectivity index (χ0) is 13.0. The third-order valence-electron chi connectivity index (χ3n) is 2.54. The normalized spacial score (nSPS) is 11.8. The summed E-state index contributed by atoms with van der Waals surface area (Å²) in [5.41, 5.74) is 2.47. The predicted octanol–water partition coefficient (Wildman–Crippen LogP) is 1.59. The fourth-order valence-corrected chi connectivity index (χ4v) is 1.49. The first kappa shape index (κ1) is 13.2. The molecule has 0 aliphatic carbocycles. The van der Waals surface area contributed by atoms with Crippen LogP contribution in [0, 0.1) is 13.8 Å². The summed E-state index contributed by atoms with van der Waals surface area (Å²) >= 11 is 0. The molecule has 0 saturated heterocycles. The molecule has 1 unspecified atom stereocenters. The molecule has 1 aromatic rings. The molecule has 1 amide bonds. The van der Waals surface area contributed by atoms with Crippen molar-refractivity contribution in [2.24, 2.45) is 0 Å². The van der Waals surface area contributed by atoms with E-state index >= 15 is 0 Å². The van der Waals surface area contributed by atoms with E-state index in [0.717, 1.165) is 11.1 Å². The molecule has 17 heavy (non-hydrogen) atoms. The van der Waals surface area contributed by atoms with Crippen molar-refractivity contribution in [3.05, 3.63) is 34.9 Å². The van der Waals surface area contributed by atoms with Gasteiger partial charge in [0.15, 0.2) is 0 Å². The van der Waals surface area contributed by atoms with Crippen molar-refractivity contribution in [2.45, 2.75) is 26.8 Å². The Kier molecular flexibility index (Phi) is 4.26. The van der Waals surface area contributed by atoms with Gasteiger partial charge in [-0.1, -0.05) is 17.7 Å². The maximum Gasteiger partial charge on any atom is 0.328 e. The number of rotatable bonds is 3. The number of hydrogen-bond acceptors (Lipinski definition) is 3. The van der Waals surface area contributed by atoms with Crippen LogP contribution < -0.4 is 5.32 Å². The van der Waals surface area contributed by atoms with E-state index in [1.165, 1.54) is 7.11 Å². The lowest BCUT2D eigenvalue weighted by Crippen LogP contribution is -2.39. The van der Waals surface area contributed by atoms with Crippen molar-refractivity contribution >= 4 is 11.9 Å². The van der Waals surface area contributed by atoms with Crippen molar-refractivity contribution in [3.63, 3.8) is 0 Å². The number of ether oxygens (including phenoxy) is 1. The Bertz CT molecular complexity index is 440. The lowest BCUT2D eigenvalue weighted by molar-refractivity contribution is -0.142. The summed E-state index contributed by atoms with van der Waals surface area (Å²) in [7, 11) is 1.29. The molecule has 4 nitrogen and oxygen atoms in total. The Hall–Kier alpha value is -1.84. The van der Waals surface area contributed by atoms with Crippen LogP contribution in [0.5, 0.6) is 0 Å². The van der Waals surface area contributed by atoms with E-state index in [-0.39, 0.29) is 5.91 Å². The van der Waals surface area contributed by atoms with E-state index in [1.807, 2.05) is 26.0 Å². The van der Waals surface area contributed by atoms with Crippen LogP contribution in [0.4, 0.5) is 0 Å². The average molecular weight is 235 g/mol. The highest BCUT2D eigenvalue weighted by Gasteiger charge is 2.17. The zero-order valence-corrected chi connectivity index (χ0v) is 10.5. The Morgan fingerprint density at radius 1 is 1.29 bits per heavy atom. The molecule has 1 aromatic carbocycles. The molecule has 4 heteroatoms. The lowest BCUT2D eigenvalue weighted by Gasteiger charge is -2.13. The number of carbonyl (C=O) groups is 2. The second-order valence-corrected chi connectivity index (χ2v) is 4.04. The topological polar surface area (TPSA) is 55.4 Å². The van der Waals surface area contributed by atoms with Crippen LogP contribution in [0.25, 0.3) is 0 Å². The smallest absolute Gasteiger partial charge is 0.328 e. The number of esters is 1. The standard InChI is InChI=1S/C13H17NO3/c1-8-5-6-9(2)11(7-8)12(15)14-10(3)13(16)17-4/h5-7,10H,1-4H3,(H,14,15). The Morgan fingerprint density at radius 2 is 1.94 bits per heavy atom. The number of aryl methyl sites for hydroxylation is 2. The van der Waals surface area contributed by atoms with Crippen LogP contribution in [0.15, 0.2) is 18.2 Å². The van der Waals surface area contributed by atoms with E-state index in [2.05, 4.69) is 10.1 Å². The second kappa shape index (κ2) is 5.48. The van der Waals surface area contributed by atoms with E-state index in [1.54, 1.807) is 13.0 Å². The van der Waals surface area contributed by atoms with Crippen molar-refractivity contribution < 1.29 is 14.3 Å². The van der Waals surface area contributed by atoms with E-state index < -0.39 is 12.0 Å². The van der Waals surface area contributed by atoms with Gasteiger partial charge in [-0.05, 0) is 32.4 Å². The predicted molar refractivity (Wildman–Crippen MR) is 64.9 cm³/mol. The summed E-state index contributed by atoms with van der Waals surface area (Å²) in [5, 5.41) is 2.60. The van der Waals surface area contributed by atoms with Gasteiger partial charge in [-0.3, -0.25) is 4.79 Å². The van der Waals surface area contributed by atoms with Crippen molar-refractivity contribution in [2.75, 3.05) is 7.11 Å². The summed E-state index contributed by atoms with van der Waals surface area (Å²) in [4.78, 5) is 23.1. The number of benzene rings is 1. The van der Waals surface area contributed by atoms with Crippen molar-refractivity contribution in [1.29, 1.82) is 0 Å². The van der Waals surface area contributed by atoms with Gasteiger partial charge in [0.25, 0.3) is 5.91 Å². The van der Waals surface area contributed by atoms with Crippen LogP contribution >= 0.6 is 0 Å². The lowest BCUT2D eigenvalue weighted by atomic mass is 10.0. The van der Waals surface area contributed by atoms with Crippen LogP contribution in [-0.2, 0) is 9.53 Å². The van der Waals surface area contributed by atoms with Crippen LogP contribution in [0.3, 0.4) is 0 Å². The molecular weight excluding hydrogens is 218 g/mol. The second-order valence-electron chi connectivity index (χ2n) is 4.04. The van der Waals surface area contributed by atoms with E-state index in [0.29, 0.717) is 5.56 Å². The minimum atomic E-state index is -0.646. The molecule has 0 aliphatic rings. The molecule has 0 aromatic heterocycles. The van der Waals surface area contributed by atoms with Crippen molar-refractivity contribution in [3.8, 4) is 0 Å². The van der Waals surface area contributed by atoms with Crippen molar-refractivity contribution in [1.82, 2.24) is 5.32 Å². The fraction of sp³-hybridized carbons (Fsp3) is 0.385. The summed E-state index contributed by atoms with van der Waals surface area (Å²) in [6.07, 6.45) is 0. The summed E-state index contributed by atoms with van der Waals surface area (Å²) in [6, 6.07) is 4.98. The summed E-state index contributed by atoms with van der Waals surface area (Å²) < 4.78 is 4.55. The third-order valence-corrected chi connectivity index (χ3v) is 2.54. The minimum absolute atomic E-state index is 0.260. The SMILES string of the molecule is COC(=O)C(C)NC(=O)c1cc(C)ccc1C. The van der Waals surface area contributed by atoms with Gasteiger partial charge in [0.05, 0.1) is 7.11 Å². The first-order valence-corrected chi connectivity index (χ1v) is 5.41. The number of nitrogens with one attached hydrogen (secondary N) is 1. The highest BCUT2D eigenvalue weighted by molar-refractivity contribution is 5.98. The highest BCUT2D eigenvalue weighted by Crippen LogP contribution is 2.10. The molecule has 0 aliphatic heterocycles. The van der Waals surface area contributed by atoms with Gasteiger partial charge < -0.3 is 10.1 Å². The van der Waals surface area contributed by atoms with Crippen LogP contribution in [0.2, 0.25) is 0 Å². The molecule has 92 valence electrons. The molecule has 1 atom stereocenters. The first-order valence-electron chi connectivity index (χ1n) is 5.41. The molecule has 0 bridgehead atoms. The molecule has 0 radical (unpaired) electrons. The van der Waals surface area contributed by atoms with Crippen LogP contribution in [0.1, 0.15) is 28.4 Å². The van der Waals surface area contributed by atoms with Gasteiger partial charge in [0.1, 0.15) is 6.04 Å². The Balaban J connectivity index is 2.83. The molecule has 0 heterocycles. The maximum atomic E-state index is 11.9. The molecule has 1 rings (SSSR count). The molecular formula is C13H17NO3. The van der Waals surface area contributed by atoms with Gasteiger partial charge in [-0.25, -0.2) is 4.79 Å². The van der Waals surface area contributed by atoms with E-state index in [9.17, 15) is 9.59 Å². The number of amides is 1. The number of carbonyl (C=O) groups excluding carboxylic acids is 2. The Labute approximate surface area is 101 Å². The van der Waals surface area contributed by atoms with Gasteiger partial charge in [-0.15, -0.1) is 0 Å². The first-order chi connectivity index (χ1) is 7.95.